The Hall–Kier alpha value is -1.60. The zero-order chi connectivity index (χ0) is 10.5. The maximum absolute atomic E-state index is 6.80. The normalized spacial score (nSPS) is 19.8. The lowest BCUT2D eigenvalue weighted by Crippen LogP contribution is -2.18. The van der Waals surface area contributed by atoms with Gasteiger partial charge in [0.05, 0.1) is 12.7 Å². The minimum absolute atomic E-state index is 0.312. The first kappa shape index (κ1) is 9.94. The first-order valence-electron chi connectivity index (χ1n) is 5.07. The number of ether oxygens (including phenoxy) is 1. The molecule has 1 atom stereocenters. The van der Waals surface area contributed by atoms with Crippen molar-refractivity contribution in [1.82, 2.24) is 4.98 Å². The average Bonchev–Trinajstić information content (AvgIpc) is 2.80. The fourth-order valence-electron chi connectivity index (χ4n) is 1.58. The third-order valence-electron chi connectivity index (χ3n) is 2.41. The third kappa shape index (κ3) is 2.67. The summed E-state index contributed by atoms with van der Waals surface area (Å²) in [6.45, 7) is 8.46. The molecule has 0 bridgehead atoms. The zero-order valence-corrected chi connectivity index (χ0v) is 8.44. The van der Waals surface area contributed by atoms with Gasteiger partial charge in [-0.25, -0.2) is 4.85 Å². The van der Waals surface area contributed by atoms with Crippen molar-refractivity contribution >= 4 is 11.5 Å². The maximum Gasteiger partial charge on any atom is 0.205 e. The van der Waals surface area contributed by atoms with Crippen LogP contribution in [-0.2, 0) is 4.74 Å². The van der Waals surface area contributed by atoms with Gasteiger partial charge in [-0.15, -0.1) is 0 Å². The van der Waals surface area contributed by atoms with Crippen molar-refractivity contribution in [2.24, 2.45) is 0 Å². The molecule has 0 saturated carbocycles. The van der Waals surface area contributed by atoms with Crippen molar-refractivity contribution in [1.29, 1.82) is 0 Å². The number of hydrogen-bond donors (Lipinski definition) is 1. The lowest BCUT2D eigenvalue weighted by atomic mass is 10.2. The SMILES string of the molecule is [C-]#[N+]c1ccc(NCC2CCCO2)nc1. The second-order valence-electron chi connectivity index (χ2n) is 3.53. The summed E-state index contributed by atoms with van der Waals surface area (Å²) in [6.07, 6.45) is 4.15. The molecule has 15 heavy (non-hydrogen) atoms. The molecule has 78 valence electrons. The smallest absolute Gasteiger partial charge is 0.205 e. The number of rotatable bonds is 3. The topological polar surface area (TPSA) is 38.5 Å². The second-order valence-corrected chi connectivity index (χ2v) is 3.53. The van der Waals surface area contributed by atoms with E-state index < -0.39 is 0 Å². The molecule has 1 fully saturated rings. The van der Waals surface area contributed by atoms with Crippen LogP contribution in [0, 0.1) is 6.57 Å². The van der Waals surface area contributed by atoms with Gasteiger partial charge in [-0.1, -0.05) is 6.07 Å². The molecule has 1 saturated heterocycles. The minimum atomic E-state index is 0.312. The molecule has 0 radical (unpaired) electrons. The zero-order valence-electron chi connectivity index (χ0n) is 8.44. The van der Waals surface area contributed by atoms with E-state index in [1.165, 1.54) is 0 Å². The molecule has 1 unspecified atom stereocenters. The first-order chi connectivity index (χ1) is 7.38. The van der Waals surface area contributed by atoms with Crippen LogP contribution in [0.5, 0.6) is 0 Å². The van der Waals surface area contributed by atoms with E-state index in [0.29, 0.717) is 11.8 Å². The summed E-state index contributed by atoms with van der Waals surface area (Å²) in [7, 11) is 0. The highest BCUT2D eigenvalue weighted by Gasteiger charge is 2.14. The molecule has 4 nitrogen and oxygen atoms in total. The molecule has 1 aromatic heterocycles. The van der Waals surface area contributed by atoms with Crippen LogP contribution < -0.4 is 5.32 Å². The second kappa shape index (κ2) is 4.76. The standard InChI is InChI=1S/C11H13N3O/c1-12-9-4-5-11(13-7-9)14-8-10-3-2-6-15-10/h4-5,7,10H,2-3,6,8H2,(H,13,14). The van der Waals surface area contributed by atoms with Gasteiger partial charge in [0.2, 0.25) is 5.69 Å². The Morgan fingerprint density at radius 1 is 1.60 bits per heavy atom. The van der Waals surface area contributed by atoms with Crippen molar-refractivity contribution in [2.45, 2.75) is 18.9 Å². The van der Waals surface area contributed by atoms with Gasteiger partial charge in [0.1, 0.15) is 5.82 Å². The Kier molecular flexibility index (Phi) is 3.15. The molecule has 0 aliphatic carbocycles. The molecule has 0 aromatic carbocycles. The minimum Gasteiger partial charge on any atom is -0.376 e. The van der Waals surface area contributed by atoms with Crippen molar-refractivity contribution in [3.8, 4) is 0 Å². The summed E-state index contributed by atoms with van der Waals surface area (Å²) in [5, 5.41) is 3.20. The van der Waals surface area contributed by atoms with E-state index in [-0.39, 0.29) is 0 Å². The molecule has 1 aliphatic heterocycles. The molecule has 1 N–H and O–H groups in total. The van der Waals surface area contributed by atoms with Gasteiger partial charge >= 0.3 is 0 Å². The van der Waals surface area contributed by atoms with Gasteiger partial charge in [0.15, 0.2) is 0 Å². The average molecular weight is 203 g/mol. The van der Waals surface area contributed by atoms with Crippen molar-refractivity contribution in [3.63, 3.8) is 0 Å². The highest BCUT2D eigenvalue weighted by molar-refractivity contribution is 5.47. The van der Waals surface area contributed by atoms with E-state index in [1.54, 1.807) is 12.3 Å². The van der Waals surface area contributed by atoms with Crippen molar-refractivity contribution in [3.05, 3.63) is 29.7 Å². The first-order valence-corrected chi connectivity index (χ1v) is 5.07. The third-order valence-corrected chi connectivity index (χ3v) is 2.41. The Labute approximate surface area is 89.1 Å². The Morgan fingerprint density at radius 2 is 2.53 bits per heavy atom. The van der Waals surface area contributed by atoms with Crippen molar-refractivity contribution in [2.75, 3.05) is 18.5 Å². The number of nitrogens with zero attached hydrogens (tertiary/aromatic N) is 2. The Morgan fingerprint density at radius 3 is 3.13 bits per heavy atom. The van der Waals surface area contributed by atoms with Gasteiger partial charge in [0, 0.05) is 19.3 Å². The Balaban J connectivity index is 1.85. The summed E-state index contributed by atoms with van der Waals surface area (Å²) in [5.74, 6) is 0.804. The van der Waals surface area contributed by atoms with Gasteiger partial charge in [-0.05, 0) is 18.9 Å². The van der Waals surface area contributed by atoms with E-state index in [0.717, 1.165) is 31.8 Å². The predicted octanol–water partition coefficient (Wildman–Crippen LogP) is 2.22. The van der Waals surface area contributed by atoms with Crippen LogP contribution in [0.1, 0.15) is 12.8 Å². The van der Waals surface area contributed by atoms with Crippen LogP contribution in [-0.4, -0.2) is 24.2 Å². The van der Waals surface area contributed by atoms with Crippen LogP contribution in [0.25, 0.3) is 4.85 Å². The summed E-state index contributed by atoms with van der Waals surface area (Å²) in [4.78, 5) is 7.41. The number of hydrogen-bond acceptors (Lipinski definition) is 3. The summed E-state index contributed by atoms with van der Waals surface area (Å²) < 4.78 is 5.48. The molecule has 1 aliphatic rings. The molecular weight excluding hydrogens is 190 g/mol. The fraction of sp³-hybridized carbons (Fsp3) is 0.455. The van der Waals surface area contributed by atoms with E-state index in [1.807, 2.05) is 6.07 Å². The lowest BCUT2D eigenvalue weighted by Gasteiger charge is -2.10. The maximum atomic E-state index is 6.80. The van der Waals surface area contributed by atoms with Gasteiger partial charge in [-0.2, -0.15) is 0 Å². The monoisotopic (exact) mass is 203 g/mol. The number of pyridine rings is 1. The van der Waals surface area contributed by atoms with Crippen LogP contribution in [0.4, 0.5) is 11.5 Å². The van der Waals surface area contributed by atoms with E-state index >= 15 is 0 Å². The van der Waals surface area contributed by atoms with Crippen LogP contribution in [0.2, 0.25) is 0 Å². The molecule has 4 heteroatoms. The summed E-state index contributed by atoms with van der Waals surface area (Å²) in [5.41, 5.74) is 0.567. The summed E-state index contributed by atoms with van der Waals surface area (Å²) >= 11 is 0. The predicted molar refractivity (Wildman–Crippen MR) is 58.0 cm³/mol. The summed E-state index contributed by atoms with van der Waals surface area (Å²) in [6, 6.07) is 3.58. The number of anilines is 1. The van der Waals surface area contributed by atoms with Crippen LogP contribution in [0.3, 0.4) is 0 Å². The highest BCUT2D eigenvalue weighted by Crippen LogP contribution is 2.15. The quantitative estimate of drug-likeness (QED) is 0.765. The Bertz CT molecular complexity index is 349. The van der Waals surface area contributed by atoms with E-state index in [2.05, 4.69) is 15.1 Å². The van der Waals surface area contributed by atoms with Gasteiger partial charge in [-0.3, -0.25) is 4.98 Å². The number of nitrogens with one attached hydrogen (secondary N) is 1. The van der Waals surface area contributed by atoms with Gasteiger partial charge < -0.3 is 10.1 Å². The lowest BCUT2D eigenvalue weighted by molar-refractivity contribution is 0.120. The van der Waals surface area contributed by atoms with Gasteiger partial charge in [0.25, 0.3) is 0 Å². The van der Waals surface area contributed by atoms with Crippen LogP contribution in [0.15, 0.2) is 18.3 Å². The van der Waals surface area contributed by atoms with Crippen molar-refractivity contribution < 1.29 is 4.74 Å². The van der Waals surface area contributed by atoms with E-state index in [4.69, 9.17) is 11.3 Å². The molecular formula is C11H13N3O. The highest BCUT2D eigenvalue weighted by atomic mass is 16.5. The number of aromatic nitrogens is 1. The molecule has 2 heterocycles. The van der Waals surface area contributed by atoms with Crippen LogP contribution >= 0.6 is 0 Å². The molecule has 0 spiro atoms. The fourth-order valence-corrected chi connectivity index (χ4v) is 1.58. The van der Waals surface area contributed by atoms with E-state index in [9.17, 15) is 0 Å². The molecule has 1 aromatic rings. The molecule has 2 rings (SSSR count). The molecule has 0 amide bonds. The largest absolute Gasteiger partial charge is 0.376 e.